The SMILES string of the molecule is Cc1cc(C(=O)C2C(=O)C(=O)N(CCCN(C)C)C2c2ccncc2)ccc1OCC(C)C. The number of Topliss-reactive ketones (excluding diaryl/α,β-unsaturated/α-hetero) is 2. The van der Waals surface area contributed by atoms with Gasteiger partial charge in [-0.1, -0.05) is 13.8 Å². The Morgan fingerprint density at radius 3 is 2.45 bits per heavy atom. The van der Waals surface area contributed by atoms with Crippen LogP contribution in [0.2, 0.25) is 0 Å². The summed E-state index contributed by atoms with van der Waals surface area (Å²) in [5.41, 5.74) is 1.97. The molecule has 7 heteroatoms. The lowest BCUT2D eigenvalue weighted by atomic mass is 9.86. The zero-order valence-electron chi connectivity index (χ0n) is 20.1. The summed E-state index contributed by atoms with van der Waals surface area (Å²) in [6.45, 7) is 7.77. The van der Waals surface area contributed by atoms with Gasteiger partial charge in [0, 0.05) is 24.5 Å². The van der Waals surface area contributed by atoms with Crippen molar-refractivity contribution in [3.05, 3.63) is 59.4 Å². The molecule has 1 aromatic heterocycles. The Morgan fingerprint density at radius 1 is 1.15 bits per heavy atom. The summed E-state index contributed by atoms with van der Waals surface area (Å²) in [6, 6.07) is 8.09. The molecular formula is C26H33N3O4. The predicted molar refractivity (Wildman–Crippen MR) is 126 cm³/mol. The van der Waals surface area contributed by atoms with Crippen molar-refractivity contribution in [2.45, 2.75) is 33.2 Å². The van der Waals surface area contributed by atoms with E-state index >= 15 is 0 Å². The Bertz CT molecular complexity index is 1000. The summed E-state index contributed by atoms with van der Waals surface area (Å²) in [7, 11) is 3.92. The van der Waals surface area contributed by atoms with Crippen LogP contribution in [0.3, 0.4) is 0 Å². The Morgan fingerprint density at radius 2 is 1.85 bits per heavy atom. The summed E-state index contributed by atoms with van der Waals surface area (Å²) in [4.78, 5) is 47.2. The number of ketones is 2. The van der Waals surface area contributed by atoms with Gasteiger partial charge in [-0.3, -0.25) is 19.4 Å². The third kappa shape index (κ3) is 5.66. The van der Waals surface area contributed by atoms with Gasteiger partial charge >= 0.3 is 0 Å². The van der Waals surface area contributed by atoms with Crippen LogP contribution < -0.4 is 4.74 Å². The molecule has 1 aliphatic rings. The average Bonchev–Trinajstić information content (AvgIpc) is 3.03. The van der Waals surface area contributed by atoms with Gasteiger partial charge in [-0.05, 0) is 81.4 Å². The molecule has 2 heterocycles. The van der Waals surface area contributed by atoms with E-state index in [1.165, 1.54) is 0 Å². The molecule has 1 aliphatic heterocycles. The highest BCUT2D eigenvalue weighted by atomic mass is 16.5. The van der Waals surface area contributed by atoms with Crippen molar-refractivity contribution in [1.29, 1.82) is 0 Å². The second-order valence-electron chi connectivity index (χ2n) is 9.27. The monoisotopic (exact) mass is 451 g/mol. The van der Waals surface area contributed by atoms with Crippen LogP contribution in [0, 0.1) is 18.8 Å². The Kier molecular flexibility index (Phi) is 7.97. The van der Waals surface area contributed by atoms with Crippen LogP contribution in [0.4, 0.5) is 0 Å². The van der Waals surface area contributed by atoms with Gasteiger partial charge in [0.1, 0.15) is 11.7 Å². The molecule has 1 aromatic carbocycles. The Balaban J connectivity index is 1.92. The normalized spacial score (nSPS) is 18.5. The number of hydrogen-bond acceptors (Lipinski definition) is 6. The van der Waals surface area contributed by atoms with E-state index in [0.717, 1.165) is 17.7 Å². The van der Waals surface area contributed by atoms with Crippen molar-refractivity contribution in [3.8, 4) is 5.75 Å². The molecule has 1 saturated heterocycles. The van der Waals surface area contributed by atoms with E-state index in [2.05, 4.69) is 18.8 Å². The highest BCUT2D eigenvalue weighted by Gasteiger charge is 2.51. The quantitative estimate of drug-likeness (QED) is 0.313. The molecule has 7 nitrogen and oxygen atoms in total. The Labute approximate surface area is 195 Å². The summed E-state index contributed by atoms with van der Waals surface area (Å²) in [6.07, 6.45) is 3.94. The van der Waals surface area contributed by atoms with E-state index in [0.29, 0.717) is 36.8 Å². The molecule has 0 aliphatic carbocycles. The molecule has 0 N–H and O–H groups in total. The number of rotatable bonds is 10. The number of aryl methyl sites for hydroxylation is 1. The molecule has 0 radical (unpaired) electrons. The number of aromatic nitrogens is 1. The van der Waals surface area contributed by atoms with Gasteiger partial charge < -0.3 is 14.5 Å². The fourth-order valence-electron chi connectivity index (χ4n) is 4.12. The van der Waals surface area contributed by atoms with Gasteiger partial charge in [-0.2, -0.15) is 0 Å². The molecule has 1 amide bonds. The zero-order valence-corrected chi connectivity index (χ0v) is 20.1. The fraction of sp³-hybridized carbons (Fsp3) is 0.462. The van der Waals surface area contributed by atoms with Gasteiger partial charge in [0.05, 0.1) is 12.6 Å². The topological polar surface area (TPSA) is 79.8 Å². The van der Waals surface area contributed by atoms with E-state index < -0.39 is 23.7 Å². The van der Waals surface area contributed by atoms with Crippen molar-refractivity contribution in [2.24, 2.45) is 11.8 Å². The van der Waals surface area contributed by atoms with Gasteiger partial charge in [0.15, 0.2) is 5.78 Å². The van der Waals surface area contributed by atoms with E-state index in [-0.39, 0.29) is 5.78 Å². The molecule has 176 valence electrons. The molecule has 33 heavy (non-hydrogen) atoms. The third-order valence-corrected chi connectivity index (χ3v) is 5.77. The number of carbonyl (C=O) groups excluding carboxylic acids is 3. The minimum atomic E-state index is -1.08. The van der Waals surface area contributed by atoms with Crippen LogP contribution >= 0.6 is 0 Å². The van der Waals surface area contributed by atoms with Crippen LogP contribution in [-0.2, 0) is 9.59 Å². The van der Waals surface area contributed by atoms with Crippen LogP contribution in [0.15, 0.2) is 42.7 Å². The van der Waals surface area contributed by atoms with Crippen LogP contribution in [0.5, 0.6) is 5.75 Å². The van der Waals surface area contributed by atoms with Crippen molar-refractivity contribution in [3.63, 3.8) is 0 Å². The zero-order chi connectivity index (χ0) is 24.1. The number of amides is 1. The smallest absolute Gasteiger partial charge is 0.291 e. The number of nitrogens with zero attached hydrogens (tertiary/aromatic N) is 3. The first kappa shape index (κ1) is 24.6. The maximum absolute atomic E-state index is 13.6. The highest BCUT2D eigenvalue weighted by Crippen LogP contribution is 2.38. The number of hydrogen-bond donors (Lipinski definition) is 0. The molecule has 0 spiro atoms. The van der Waals surface area contributed by atoms with Crippen LogP contribution in [0.25, 0.3) is 0 Å². The number of likely N-dealkylation sites (tertiary alicyclic amines) is 1. The third-order valence-electron chi connectivity index (χ3n) is 5.77. The molecule has 3 rings (SSSR count). The van der Waals surface area contributed by atoms with E-state index in [9.17, 15) is 14.4 Å². The second-order valence-corrected chi connectivity index (χ2v) is 9.27. The molecule has 2 atom stereocenters. The van der Waals surface area contributed by atoms with Crippen molar-refractivity contribution in [1.82, 2.24) is 14.8 Å². The first-order valence-corrected chi connectivity index (χ1v) is 11.4. The van der Waals surface area contributed by atoms with Gasteiger partial charge in [0.2, 0.25) is 5.78 Å². The molecule has 0 bridgehead atoms. The van der Waals surface area contributed by atoms with Crippen LogP contribution in [0.1, 0.15) is 47.8 Å². The number of ether oxygens (including phenoxy) is 1. The van der Waals surface area contributed by atoms with E-state index in [4.69, 9.17) is 4.74 Å². The summed E-state index contributed by atoms with van der Waals surface area (Å²) >= 11 is 0. The first-order chi connectivity index (χ1) is 15.7. The van der Waals surface area contributed by atoms with Gasteiger partial charge in [-0.15, -0.1) is 0 Å². The standard InChI is InChI=1S/C26H33N3O4/c1-17(2)16-33-21-8-7-20(15-18(21)3)24(30)22-23(19-9-11-27-12-10-19)29(26(32)25(22)31)14-6-13-28(4)5/h7-12,15,17,22-23H,6,13-14,16H2,1-5H3. The lowest BCUT2D eigenvalue weighted by Gasteiger charge is -2.27. The maximum Gasteiger partial charge on any atom is 0.291 e. The fourth-order valence-corrected chi connectivity index (χ4v) is 4.12. The summed E-state index contributed by atoms with van der Waals surface area (Å²) in [5.74, 6) is -1.57. The molecule has 1 fully saturated rings. The molecule has 2 aromatic rings. The largest absolute Gasteiger partial charge is 0.493 e. The lowest BCUT2D eigenvalue weighted by molar-refractivity contribution is -0.140. The predicted octanol–water partition coefficient (Wildman–Crippen LogP) is 3.33. The number of pyridine rings is 1. The van der Waals surface area contributed by atoms with E-state index in [1.54, 1.807) is 47.6 Å². The molecule has 0 saturated carbocycles. The van der Waals surface area contributed by atoms with E-state index in [1.807, 2.05) is 25.9 Å². The number of benzene rings is 1. The number of carbonyl (C=O) groups is 3. The van der Waals surface area contributed by atoms with Crippen molar-refractivity contribution < 1.29 is 19.1 Å². The second kappa shape index (κ2) is 10.7. The molecular weight excluding hydrogens is 418 g/mol. The Hall–Kier alpha value is -3.06. The van der Waals surface area contributed by atoms with Gasteiger partial charge in [-0.25, -0.2) is 0 Å². The minimum Gasteiger partial charge on any atom is -0.493 e. The lowest BCUT2D eigenvalue weighted by Crippen LogP contribution is -2.33. The minimum absolute atomic E-state index is 0.344. The first-order valence-electron chi connectivity index (χ1n) is 11.4. The molecule has 2 unspecified atom stereocenters. The van der Waals surface area contributed by atoms with Crippen molar-refractivity contribution >= 4 is 17.5 Å². The van der Waals surface area contributed by atoms with Crippen molar-refractivity contribution in [2.75, 3.05) is 33.8 Å². The van der Waals surface area contributed by atoms with Gasteiger partial charge in [0.25, 0.3) is 5.91 Å². The van der Waals surface area contributed by atoms with Crippen LogP contribution in [-0.4, -0.2) is 66.0 Å². The highest BCUT2D eigenvalue weighted by molar-refractivity contribution is 6.44. The average molecular weight is 452 g/mol. The maximum atomic E-state index is 13.6. The summed E-state index contributed by atoms with van der Waals surface area (Å²) in [5, 5.41) is 0. The summed E-state index contributed by atoms with van der Waals surface area (Å²) < 4.78 is 5.82.